The zero-order valence-corrected chi connectivity index (χ0v) is 11.3. The molecule has 0 aromatic heterocycles. The lowest BCUT2D eigenvalue weighted by molar-refractivity contribution is -0.384. The Morgan fingerprint density at radius 1 is 1.37 bits per heavy atom. The van der Waals surface area contributed by atoms with Crippen molar-refractivity contribution in [3.63, 3.8) is 0 Å². The third kappa shape index (κ3) is 4.67. The third-order valence-corrected chi connectivity index (χ3v) is 2.93. The van der Waals surface area contributed by atoms with Crippen LogP contribution in [0.25, 0.3) is 0 Å². The fourth-order valence-electron chi connectivity index (χ4n) is 1.73. The number of carbonyl (C=O) groups is 1. The van der Waals surface area contributed by atoms with E-state index in [-0.39, 0.29) is 11.6 Å². The summed E-state index contributed by atoms with van der Waals surface area (Å²) in [7, 11) is 0. The van der Waals surface area contributed by atoms with Crippen LogP contribution in [-0.2, 0) is 0 Å². The Morgan fingerprint density at radius 2 is 2.05 bits per heavy atom. The van der Waals surface area contributed by atoms with E-state index in [1.54, 1.807) is 6.07 Å². The highest BCUT2D eigenvalue weighted by molar-refractivity contribution is 5.94. The molecule has 0 saturated heterocycles. The fourth-order valence-corrected chi connectivity index (χ4v) is 1.73. The number of benzene rings is 1. The number of nitrogens with one attached hydrogen (secondary N) is 1. The molecule has 0 saturated carbocycles. The molecule has 0 spiro atoms. The molecule has 6 heteroatoms. The Balaban J connectivity index is 2.54. The Bertz CT molecular complexity index is 445. The van der Waals surface area contributed by atoms with Crippen molar-refractivity contribution in [2.75, 3.05) is 26.2 Å². The summed E-state index contributed by atoms with van der Waals surface area (Å²) in [6, 6.07) is 5.73. The minimum atomic E-state index is -0.507. The molecule has 1 aromatic rings. The molecule has 1 amide bonds. The second kappa shape index (κ2) is 7.48. The minimum absolute atomic E-state index is 0.0728. The van der Waals surface area contributed by atoms with Crippen molar-refractivity contribution in [3.8, 4) is 0 Å². The van der Waals surface area contributed by atoms with Crippen molar-refractivity contribution >= 4 is 11.6 Å². The number of amides is 1. The Morgan fingerprint density at radius 3 is 2.63 bits per heavy atom. The lowest BCUT2D eigenvalue weighted by Gasteiger charge is -2.17. The van der Waals surface area contributed by atoms with E-state index >= 15 is 0 Å². The summed E-state index contributed by atoms with van der Waals surface area (Å²) in [6.45, 7) is 7.29. The van der Waals surface area contributed by atoms with Crippen LogP contribution in [-0.4, -0.2) is 41.9 Å². The molecule has 0 atom stereocenters. The standard InChI is InChI=1S/C13H19N3O3/c1-3-15(4-2)9-8-14-13(17)11-6-5-7-12(10-11)16(18)19/h5-7,10H,3-4,8-9H2,1-2H3,(H,14,17). The zero-order valence-electron chi connectivity index (χ0n) is 11.3. The number of nitro groups is 1. The van der Waals surface area contributed by atoms with Gasteiger partial charge in [-0.1, -0.05) is 19.9 Å². The van der Waals surface area contributed by atoms with E-state index < -0.39 is 4.92 Å². The van der Waals surface area contributed by atoms with Crippen LogP contribution < -0.4 is 5.32 Å². The van der Waals surface area contributed by atoms with Gasteiger partial charge in [-0.2, -0.15) is 0 Å². The quantitative estimate of drug-likeness (QED) is 0.601. The fraction of sp³-hybridized carbons (Fsp3) is 0.462. The molecule has 1 rings (SSSR count). The van der Waals surface area contributed by atoms with Gasteiger partial charge in [0.05, 0.1) is 4.92 Å². The first-order chi connectivity index (χ1) is 9.08. The van der Waals surface area contributed by atoms with Crippen molar-refractivity contribution in [1.82, 2.24) is 10.2 Å². The van der Waals surface area contributed by atoms with Gasteiger partial charge in [0.1, 0.15) is 0 Å². The molecule has 0 unspecified atom stereocenters. The summed E-state index contributed by atoms with van der Waals surface area (Å²) >= 11 is 0. The molecule has 0 aliphatic carbocycles. The van der Waals surface area contributed by atoms with Crippen LogP contribution in [0.4, 0.5) is 5.69 Å². The van der Waals surface area contributed by atoms with Gasteiger partial charge in [-0.15, -0.1) is 0 Å². The molecular formula is C13H19N3O3. The molecule has 1 N–H and O–H groups in total. The number of hydrogen-bond acceptors (Lipinski definition) is 4. The van der Waals surface area contributed by atoms with Crippen molar-refractivity contribution in [1.29, 1.82) is 0 Å². The second-order valence-electron chi connectivity index (χ2n) is 4.09. The number of carbonyl (C=O) groups excluding carboxylic acids is 1. The normalized spacial score (nSPS) is 10.5. The molecular weight excluding hydrogens is 246 g/mol. The predicted octanol–water partition coefficient (Wildman–Crippen LogP) is 1.67. The molecule has 0 fully saturated rings. The first-order valence-electron chi connectivity index (χ1n) is 6.33. The highest BCUT2D eigenvalue weighted by Gasteiger charge is 2.11. The molecule has 0 heterocycles. The van der Waals surface area contributed by atoms with Gasteiger partial charge < -0.3 is 10.2 Å². The van der Waals surface area contributed by atoms with Crippen molar-refractivity contribution < 1.29 is 9.72 Å². The number of nitrogens with zero attached hydrogens (tertiary/aromatic N) is 2. The third-order valence-electron chi connectivity index (χ3n) is 2.93. The van der Waals surface area contributed by atoms with Crippen molar-refractivity contribution in [2.24, 2.45) is 0 Å². The Kier molecular flexibility index (Phi) is 5.95. The molecule has 6 nitrogen and oxygen atoms in total. The molecule has 0 aliphatic heterocycles. The summed E-state index contributed by atoms with van der Waals surface area (Å²) in [5.74, 6) is -0.282. The van der Waals surface area contributed by atoms with Gasteiger partial charge in [0.2, 0.25) is 0 Å². The first kappa shape index (κ1) is 15.1. The van der Waals surface area contributed by atoms with Crippen LogP contribution in [0.1, 0.15) is 24.2 Å². The maximum Gasteiger partial charge on any atom is 0.270 e. The maximum atomic E-state index is 11.8. The summed E-state index contributed by atoms with van der Waals surface area (Å²) in [4.78, 5) is 24.1. The van der Waals surface area contributed by atoms with E-state index in [2.05, 4.69) is 24.1 Å². The summed E-state index contributed by atoms with van der Waals surface area (Å²) in [6.07, 6.45) is 0. The molecule has 0 aliphatic rings. The minimum Gasteiger partial charge on any atom is -0.351 e. The Labute approximate surface area is 112 Å². The van der Waals surface area contributed by atoms with Gasteiger partial charge >= 0.3 is 0 Å². The van der Waals surface area contributed by atoms with E-state index in [0.29, 0.717) is 12.1 Å². The summed E-state index contributed by atoms with van der Waals surface area (Å²) in [5.41, 5.74) is 0.241. The number of hydrogen-bond donors (Lipinski definition) is 1. The average molecular weight is 265 g/mol. The predicted molar refractivity (Wildman–Crippen MR) is 73.2 cm³/mol. The van der Waals surface area contributed by atoms with Gasteiger partial charge in [-0.05, 0) is 19.2 Å². The summed E-state index contributed by atoms with van der Waals surface area (Å²) < 4.78 is 0. The zero-order chi connectivity index (χ0) is 14.3. The topological polar surface area (TPSA) is 75.5 Å². The van der Waals surface area contributed by atoms with Crippen LogP contribution >= 0.6 is 0 Å². The molecule has 0 bridgehead atoms. The van der Waals surface area contributed by atoms with Gasteiger partial charge in [0, 0.05) is 30.8 Å². The Hall–Kier alpha value is -1.95. The van der Waals surface area contributed by atoms with Crippen LogP contribution in [0.2, 0.25) is 0 Å². The van der Waals surface area contributed by atoms with Gasteiger partial charge in [-0.25, -0.2) is 0 Å². The van der Waals surface area contributed by atoms with E-state index in [1.807, 2.05) is 0 Å². The van der Waals surface area contributed by atoms with Gasteiger partial charge in [-0.3, -0.25) is 14.9 Å². The van der Waals surface area contributed by atoms with Crippen molar-refractivity contribution in [3.05, 3.63) is 39.9 Å². The number of non-ortho nitro benzene ring substituents is 1. The highest BCUT2D eigenvalue weighted by Crippen LogP contribution is 2.12. The first-order valence-corrected chi connectivity index (χ1v) is 6.33. The lowest BCUT2D eigenvalue weighted by atomic mass is 10.2. The van der Waals surface area contributed by atoms with Gasteiger partial charge in [0.25, 0.3) is 11.6 Å². The molecule has 0 radical (unpaired) electrons. The van der Waals surface area contributed by atoms with E-state index in [9.17, 15) is 14.9 Å². The maximum absolute atomic E-state index is 11.8. The largest absolute Gasteiger partial charge is 0.351 e. The lowest BCUT2D eigenvalue weighted by Crippen LogP contribution is -2.34. The van der Waals surface area contributed by atoms with Crippen molar-refractivity contribution in [2.45, 2.75) is 13.8 Å². The highest BCUT2D eigenvalue weighted by atomic mass is 16.6. The molecule has 1 aromatic carbocycles. The van der Waals surface area contributed by atoms with E-state index in [4.69, 9.17) is 0 Å². The summed E-state index contributed by atoms with van der Waals surface area (Å²) in [5, 5.41) is 13.4. The molecule has 104 valence electrons. The van der Waals surface area contributed by atoms with E-state index in [1.165, 1.54) is 18.2 Å². The molecule has 19 heavy (non-hydrogen) atoms. The second-order valence-corrected chi connectivity index (χ2v) is 4.09. The smallest absolute Gasteiger partial charge is 0.270 e. The van der Waals surface area contributed by atoms with Crippen LogP contribution in [0, 0.1) is 10.1 Å². The van der Waals surface area contributed by atoms with Crippen LogP contribution in [0.5, 0.6) is 0 Å². The van der Waals surface area contributed by atoms with Crippen LogP contribution in [0.3, 0.4) is 0 Å². The monoisotopic (exact) mass is 265 g/mol. The van der Waals surface area contributed by atoms with Gasteiger partial charge in [0.15, 0.2) is 0 Å². The van der Waals surface area contributed by atoms with E-state index in [0.717, 1.165) is 19.6 Å². The average Bonchev–Trinajstić information content (AvgIpc) is 2.43. The number of rotatable bonds is 7. The number of nitro benzene ring substituents is 1. The SMILES string of the molecule is CCN(CC)CCNC(=O)c1cccc([N+](=O)[O-])c1. The van der Waals surface area contributed by atoms with Crippen LogP contribution in [0.15, 0.2) is 24.3 Å². The number of likely N-dealkylation sites (N-methyl/N-ethyl adjacent to an activating group) is 1.